The van der Waals surface area contributed by atoms with Crippen molar-refractivity contribution in [2.24, 2.45) is 7.05 Å². The maximum atomic E-state index is 12.8. The Balaban J connectivity index is 1.57. The van der Waals surface area contributed by atoms with Gasteiger partial charge in [-0.05, 0) is 43.3 Å². The highest BCUT2D eigenvalue weighted by Gasteiger charge is 2.18. The first kappa shape index (κ1) is 21.9. The number of anilines is 2. The standard InChI is InChI=1S/C21H21BrN4O3S/c1-14-20(21(29)26(25(14)2)17-6-4-3-5-7-17)24-19(28)13-30-12-18(27)23-16-10-8-15(22)9-11-16/h3-11H,12-13H2,1-2H3,(H,23,27)(H,24,28). The second-order valence-corrected chi connectivity index (χ2v) is 8.43. The van der Waals surface area contributed by atoms with Crippen molar-refractivity contribution in [2.75, 3.05) is 22.1 Å². The Bertz CT molecular complexity index is 1110. The smallest absolute Gasteiger partial charge is 0.295 e. The molecule has 0 aliphatic rings. The van der Waals surface area contributed by atoms with Crippen LogP contribution >= 0.6 is 27.7 Å². The van der Waals surface area contributed by atoms with Crippen LogP contribution in [0.25, 0.3) is 5.69 Å². The van der Waals surface area contributed by atoms with Gasteiger partial charge in [-0.25, -0.2) is 4.68 Å². The molecule has 0 fully saturated rings. The van der Waals surface area contributed by atoms with Gasteiger partial charge >= 0.3 is 0 Å². The van der Waals surface area contributed by atoms with E-state index in [2.05, 4.69) is 26.6 Å². The quantitative estimate of drug-likeness (QED) is 0.532. The van der Waals surface area contributed by atoms with E-state index in [0.29, 0.717) is 17.1 Å². The fraction of sp³-hybridized carbons (Fsp3) is 0.190. The second-order valence-electron chi connectivity index (χ2n) is 6.53. The molecule has 3 rings (SSSR count). The number of aromatic nitrogens is 2. The zero-order valence-corrected chi connectivity index (χ0v) is 18.9. The first-order chi connectivity index (χ1) is 14.4. The van der Waals surface area contributed by atoms with Crippen molar-refractivity contribution < 1.29 is 9.59 Å². The molecule has 0 aliphatic carbocycles. The predicted octanol–water partition coefficient (Wildman–Crippen LogP) is 3.56. The zero-order chi connectivity index (χ0) is 21.7. The van der Waals surface area contributed by atoms with E-state index in [1.165, 1.54) is 16.4 Å². The third-order valence-electron chi connectivity index (χ3n) is 4.41. The molecule has 7 nitrogen and oxygen atoms in total. The zero-order valence-electron chi connectivity index (χ0n) is 16.5. The largest absolute Gasteiger partial charge is 0.325 e. The Morgan fingerprint density at radius 1 is 0.967 bits per heavy atom. The highest BCUT2D eigenvalue weighted by Crippen LogP contribution is 2.16. The van der Waals surface area contributed by atoms with Crippen molar-refractivity contribution in [1.82, 2.24) is 9.36 Å². The van der Waals surface area contributed by atoms with E-state index < -0.39 is 0 Å². The van der Waals surface area contributed by atoms with Crippen LogP contribution in [0.15, 0.2) is 63.9 Å². The van der Waals surface area contributed by atoms with E-state index in [1.807, 2.05) is 42.5 Å². The number of amides is 2. The van der Waals surface area contributed by atoms with Gasteiger partial charge in [-0.15, -0.1) is 11.8 Å². The summed E-state index contributed by atoms with van der Waals surface area (Å²) in [6, 6.07) is 16.5. The molecule has 2 aromatic carbocycles. The molecule has 0 aliphatic heterocycles. The molecule has 9 heteroatoms. The number of carbonyl (C=O) groups excluding carboxylic acids is 2. The van der Waals surface area contributed by atoms with E-state index in [1.54, 1.807) is 30.8 Å². The van der Waals surface area contributed by atoms with Gasteiger partial charge in [0, 0.05) is 17.2 Å². The van der Waals surface area contributed by atoms with E-state index in [0.717, 1.165) is 4.47 Å². The summed E-state index contributed by atoms with van der Waals surface area (Å²) in [6.45, 7) is 1.77. The fourth-order valence-corrected chi connectivity index (χ4v) is 3.74. The molecular weight excluding hydrogens is 468 g/mol. The van der Waals surface area contributed by atoms with Crippen LogP contribution < -0.4 is 16.2 Å². The Labute approximate surface area is 186 Å². The van der Waals surface area contributed by atoms with Gasteiger partial charge in [0.05, 0.1) is 22.9 Å². The molecular formula is C21H21BrN4O3S. The molecule has 0 spiro atoms. The van der Waals surface area contributed by atoms with Crippen LogP contribution in [0.5, 0.6) is 0 Å². The molecule has 0 saturated heterocycles. The highest BCUT2D eigenvalue weighted by atomic mass is 79.9. The van der Waals surface area contributed by atoms with Crippen molar-refractivity contribution in [1.29, 1.82) is 0 Å². The van der Waals surface area contributed by atoms with Crippen molar-refractivity contribution in [3.05, 3.63) is 75.1 Å². The molecule has 30 heavy (non-hydrogen) atoms. The van der Waals surface area contributed by atoms with E-state index in [9.17, 15) is 14.4 Å². The number of nitrogens with one attached hydrogen (secondary N) is 2. The molecule has 3 aromatic rings. The number of para-hydroxylation sites is 1. The lowest BCUT2D eigenvalue weighted by atomic mass is 10.3. The number of rotatable bonds is 7. The Morgan fingerprint density at radius 3 is 2.20 bits per heavy atom. The van der Waals surface area contributed by atoms with E-state index >= 15 is 0 Å². The van der Waals surface area contributed by atoms with E-state index in [4.69, 9.17) is 0 Å². The van der Waals surface area contributed by atoms with Crippen molar-refractivity contribution in [3.8, 4) is 5.69 Å². The number of nitrogens with zero attached hydrogens (tertiary/aromatic N) is 2. The maximum Gasteiger partial charge on any atom is 0.295 e. The number of halogens is 1. The van der Waals surface area contributed by atoms with Crippen LogP contribution in [-0.4, -0.2) is 32.7 Å². The molecule has 0 saturated carbocycles. The lowest BCUT2D eigenvalue weighted by Gasteiger charge is -2.07. The Kier molecular flexibility index (Phi) is 7.17. The summed E-state index contributed by atoms with van der Waals surface area (Å²) >= 11 is 4.52. The summed E-state index contributed by atoms with van der Waals surface area (Å²) in [5.41, 5.74) is 2.00. The average molecular weight is 489 g/mol. The van der Waals surface area contributed by atoms with E-state index in [-0.39, 0.29) is 34.6 Å². The first-order valence-electron chi connectivity index (χ1n) is 9.14. The summed E-state index contributed by atoms with van der Waals surface area (Å²) in [7, 11) is 1.76. The van der Waals surface area contributed by atoms with Gasteiger partial charge in [0.1, 0.15) is 5.69 Å². The fourth-order valence-electron chi connectivity index (χ4n) is 2.85. The Hall–Kier alpha value is -2.78. The SMILES string of the molecule is Cc1c(NC(=O)CSCC(=O)Nc2ccc(Br)cc2)c(=O)n(-c2ccccc2)n1C. The third-order valence-corrected chi connectivity index (χ3v) is 5.87. The molecule has 156 valence electrons. The van der Waals surface area contributed by atoms with Crippen LogP contribution in [0.2, 0.25) is 0 Å². The Morgan fingerprint density at radius 2 is 1.57 bits per heavy atom. The maximum absolute atomic E-state index is 12.8. The number of benzene rings is 2. The topological polar surface area (TPSA) is 85.1 Å². The molecule has 0 bridgehead atoms. The molecule has 2 amide bonds. The van der Waals surface area contributed by atoms with Gasteiger partial charge in [0.2, 0.25) is 11.8 Å². The summed E-state index contributed by atoms with van der Waals surface area (Å²) < 4.78 is 4.13. The summed E-state index contributed by atoms with van der Waals surface area (Å²) in [6.07, 6.45) is 0. The molecule has 0 radical (unpaired) electrons. The van der Waals surface area contributed by atoms with Gasteiger partial charge in [-0.2, -0.15) is 0 Å². The average Bonchev–Trinajstić information content (AvgIpc) is 2.93. The van der Waals surface area contributed by atoms with Crippen LogP contribution in [0.3, 0.4) is 0 Å². The van der Waals surface area contributed by atoms with Gasteiger partial charge in [-0.3, -0.25) is 19.1 Å². The van der Waals surface area contributed by atoms with Crippen LogP contribution in [0, 0.1) is 6.92 Å². The van der Waals surface area contributed by atoms with Crippen LogP contribution in [0.1, 0.15) is 5.69 Å². The van der Waals surface area contributed by atoms with Gasteiger partial charge < -0.3 is 10.6 Å². The number of hydrogen-bond donors (Lipinski definition) is 2. The van der Waals surface area contributed by atoms with Crippen LogP contribution in [-0.2, 0) is 16.6 Å². The molecule has 1 heterocycles. The monoisotopic (exact) mass is 488 g/mol. The summed E-state index contributed by atoms with van der Waals surface area (Å²) in [5, 5.41) is 5.46. The second kappa shape index (κ2) is 9.82. The van der Waals surface area contributed by atoms with Gasteiger partial charge in [-0.1, -0.05) is 34.1 Å². The van der Waals surface area contributed by atoms with Crippen molar-refractivity contribution in [2.45, 2.75) is 6.92 Å². The number of hydrogen-bond acceptors (Lipinski definition) is 4. The molecule has 2 N–H and O–H groups in total. The number of carbonyl (C=O) groups is 2. The highest BCUT2D eigenvalue weighted by molar-refractivity contribution is 9.10. The normalized spacial score (nSPS) is 10.6. The van der Waals surface area contributed by atoms with Gasteiger partial charge in [0.15, 0.2) is 0 Å². The van der Waals surface area contributed by atoms with Crippen LogP contribution in [0.4, 0.5) is 11.4 Å². The number of thioether (sulfide) groups is 1. The summed E-state index contributed by atoms with van der Waals surface area (Å²) in [5.74, 6) is -0.335. The minimum Gasteiger partial charge on any atom is -0.325 e. The minimum atomic E-state index is -0.331. The molecule has 1 aromatic heterocycles. The van der Waals surface area contributed by atoms with Crippen molar-refractivity contribution in [3.63, 3.8) is 0 Å². The molecule has 0 unspecified atom stereocenters. The minimum absolute atomic E-state index is 0.0624. The van der Waals surface area contributed by atoms with Gasteiger partial charge in [0.25, 0.3) is 5.56 Å². The first-order valence-corrected chi connectivity index (χ1v) is 11.1. The third kappa shape index (κ3) is 5.22. The summed E-state index contributed by atoms with van der Waals surface area (Å²) in [4.78, 5) is 37.2. The van der Waals surface area contributed by atoms with Crippen molar-refractivity contribution >= 4 is 50.9 Å². The lowest BCUT2D eigenvalue weighted by molar-refractivity contribution is -0.114. The predicted molar refractivity (Wildman–Crippen MR) is 124 cm³/mol. The molecule has 0 atom stereocenters. The lowest BCUT2D eigenvalue weighted by Crippen LogP contribution is -2.24.